The summed E-state index contributed by atoms with van der Waals surface area (Å²) in [6.07, 6.45) is 2.48. The molecule has 4 heteroatoms. The summed E-state index contributed by atoms with van der Waals surface area (Å²) < 4.78 is 0. The van der Waals surface area contributed by atoms with Gasteiger partial charge in [-0.15, -0.1) is 0 Å². The van der Waals surface area contributed by atoms with Gasteiger partial charge in [-0.2, -0.15) is 0 Å². The van der Waals surface area contributed by atoms with Crippen LogP contribution in [0.25, 0.3) is 0 Å². The van der Waals surface area contributed by atoms with Crippen LogP contribution in [0, 0.1) is 19.8 Å². The van der Waals surface area contributed by atoms with Gasteiger partial charge in [-0.25, -0.2) is 9.97 Å². The second-order valence-corrected chi connectivity index (χ2v) is 5.18. The van der Waals surface area contributed by atoms with E-state index >= 15 is 0 Å². The molecular formula is C12H18BrN3. The van der Waals surface area contributed by atoms with Crippen LogP contribution in [-0.2, 0) is 0 Å². The van der Waals surface area contributed by atoms with Crippen LogP contribution in [0.3, 0.4) is 0 Å². The summed E-state index contributed by atoms with van der Waals surface area (Å²) >= 11 is 3.56. The molecule has 1 aliphatic rings. The molecule has 0 N–H and O–H groups in total. The first-order valence-corrected chi connectivity index (χ1v) is 6.94. The average Bonchev–Trinajstić information content (AvgIpc) is 2.28. The number of rotatable bonds is 2. The smallest absolute Gasteiger partial charge is 0.225 e. The molecule has 0 unspecified atom stereocenters. The zero-order valence-corrected chi connectivity index (χ0v) is 11.5. The zero-order chi connectivity index (χ0) is 11.5. The van der Waals surface area contributed by atoms with Gasteiger partial charge in [0.2, 0.25) is 5.95 Å². The van der Waals surface area contributed by atoms with Crippen molar-refractivity contribution in [1.82, 2.24) is 9.97 Å². The molecule has 0 spiro atoms. The third kappa shape index (κ3) is 2.73. The Morgan fingerprint density at radius 1 is 1.25 bits per heavy atom. The fourth-order valence-electron chi connectivity index (χ4n) is 2.14. The lowest BCUT2D eigenvalue weighted by molar-refractivity contribution is 0.442. The van der Waals surface area contributed by atoms with E-state index in [2.05, 4.69) is 30.8 Å². The maximum Gasteiger partial charge on any atom is 0.225 e. The van der Waals surface area contributed by atoms with Crippen molar-refractivity contribution in [3.8, 4) is 0 Å². The molecule has 1 aromatic rings. The van der Waals surface area contributed by atoms with Crippen LogP contribution in [0.5, 0.6) is 0 Å². The van der Waals surface area contributed by atoms with Gasteiger partial charge in [0, 0.05) is 29.8 Å². The van der Waals surface area contributed by atoms with Crippen molar-refractivity contribution in [2.45, 2.75) is 26.7 Å². The largest absolute Gasteiger partial charge is 0.341 e. The van der Waals surface area contributed by atoms with Crippen molar-refractivity contribution in [3.05, 3.63) is 17.5 Å². The minimum atomic E-state index is 0.821. The van der Waals surface area contributed by atoms with E-state index in [1.165, 1.54) is 12.8 Å². The normalized spacial score (nSPS) is 17.8. The van der Waals surface area contributed by atoms with E-state index in [9.17, 15) is 0 Å². The van der Waals surface area contributed by atoms with E-state index in [0.717, 1.165) is 41.7 Å². The molecule has 2 rings (SSSR count). The SMILES string of the molecule is Cc1cc(C)nc(N2CCC(CBr)CC2)n1. The first-order chi connectivity index (χ1) is 7.69. The molecule has 88 valence electrons. The Hall–Kier alpha value is -0.640. The molecule has 1 saturated heterocycles. The topological polar surface area (TPSA) is 29.0 Å². The minimum Gasteiger partial charge on any atom is -0.341 e. The second kappa shape index (κ2) is 5.13. The van der Waals surface area contributed by atoms with E-state index < -0.39 is 0 Å². The van der Waals surface area contributed by atoms with Gasteiger partial charge in [0.25, 0.3) is 0 Å². The fourth-order valence-corrected chi connectivity index (χ4v) is 2.78. The van der Waals surface area contributed by atoms with Crippen LogP contribution in [0.15, 0.2) is 6.07 Å². The summed E-state index contributed by atoms with van der Waals surface area (Å²) in [6, 6.07) is 2.02. The Balaban J connectivity index is 2.08. The van der Waals surface area contributed by atoms with Crippen molar-refractivity contribution >= 4 is 21.9 Å². The van der Waals surface area contributed by atoms with Gasteiger partial charge in [0.15, 0.2) is 0 Å². The zero-order valence-electron chi connectivity index (χ0n) is 9.91. The third-order valence-corrected chi connectivity index (χ3v) is 4.00. The molecule has 0 aliphatic carbocycles. The molecule has 16 heavy (non-hydrogen) atoms. The highest BCUT2D eigenvalue weighted by Crippen LogP contribution is 2.22. The van der Waals surface area contributed by atoms with E-state index in [0.29, 0.717) is 0 Å². The van der Waals surface area contributed by atoms with Gasteiger partial charge in [-0.3, -0.25) is 0 Å². The number of halogens is 1. The lowest BCUT2D eigenvalue weighted by Gasteiger charge is -2.31. The van der Waals surface area contributed by atoms with E-state index in [1.807, 2.05) is 19.9 Å². The lowest BCUT2D eigenvalue weighted by Crippen LogP contribution is -2.35. The molecule has 0 aromatic carbocycles. The summed E-state index contributed by atoms with van der Waals surface area (Å²) in [5, 5.41) is 1.12. The van der Waals surface area contributed by atoms with Gasteiger partial charge >= 0.3 is 0 Å². The number of hydrogen-bond acceptors (Lipinski definition) is 3. The molecule has 1 aromatic heterocycles. The van der Waals surface area contributed by atoms with Crippen molar-refractivity contribution in [1.29, 1.82) is 0 Å². The molecule has 1 fully saturated rings. The first kappa shape index (κ1) is 11.8. The molecule has 0 radical (unpaired) electrons. The molecule has 0 saturated carbocycles. The molecule has 0 atom stereocenters. The van der Waals surface area contributed by atoms with Crippen LogP contribution in [0.2, 0.25) is 0 Å². The van der Waals surface area contributed by atoms with Crippen LogP contribution in [-0.4, -0.2) is 28.4 Å². The maximum absolute atomic E-state index is 4.51. The molecule has 2 heterocycles. The molecule has 0 amide bonds. The number of piperidine rings is 1. The van der Waals surface area contributed by atoms with Crippen LogP contribution < -0.4 is 4.90 Å². The van der Waals surface area contributed by atoms with Crippen LogP contribution >= 0.6 is 15.9 Å². The number of anilines is 1. The summed E-state index contributed by atoms with van der Waals surface area (Å²) in [7, 11) is 0. The van der Waals surface area contributed by atoms with Crippen molar-refractivity contribution in [2.75, 3.05) is 23.3 Å². The first-order valence-electron chi connectivity index (χ1n) is 5.82. The predicted molar refractivity (Wildman–Crippen MR) is 70.2 cm³/mol. The molecule has 0 bridgehead atoms. The summed E-state index contributed by atoms with van der Waals surface area (Å²) in [4.78, 5) is 11.3. The minimum absolute atomic E-state index is 0.821. The second-order valence-electron chi connectivity index (χ2n) is 4.54. The monoisotopic (exact) mass is 283 g/mol. The summed E-state index contributed by atoms with van der Waals surface area (Å²) in [5.41, 5.74) is 2.12. The maximum atomic E-state index is 4.51. The van der Waals surface area contributed by atoms with Crippen molar-refractivity contribution in [3.63, 3.8) is 0 Å². The van der Waals surface area contributed by atoms with E-state index in [1.54, 1.807) is 0 Å². The van der Waals surface area contributed by atoms with Crippen LogP contribution in [0.4, 0.5) is 5.95 Å². The standard InChI is InChI=1S/C12H18BrN3/c1-9-7-10(2)15-12(14-9)16-5-3-11(8-13)4-6-16/h7,11H,3-6,8H2,1-2H3. The Labute approximate surface area is 105 Å². The lowest BCUT2D eigenvalue weighted by atomic mass is 9.99. The number of alkyl halides is 1. The number of nitrogens with zero attached hydrogens (tertiary/aromatic N) is 3. The fraction of sp³-hybridized carbons (Fsp3) is 0.667. The highest BCUT2D eigenvalue weighted by atomic mass is 79.9. The Kier molecular flexibility index (Phi) is 3.79. The number of aryl methyl sites for hydroxylation is 2. The molecule has 1 aliphatic heterocycles. The van der Waals surface area contributed by atoms with E-state index in [-0.39, 0.29) is 0 Å². The Bertz CT molecular complexity index is 339. The summed E-state index contributed by atoms with van der Waals surface area (Å²) in [6.45, 7) is 6.23. The van der Waals surface area contributed by atoms with E-state index in [4.69, 9.17) is 0 Å². The van der Waals surface area contributed by atoms with Gasteiger partial charge in [0.1, 0.15) is 0 Å². The van der Waals surface area contributed by atoms with Crippen LogP contribution in [0.1, 0.15) is 24.2 Å². The van der Waals surface area contributed by atoms with Crippen molar-refractivity contribution < 1.29 is 0 Å². The Morgan fingerprint density at radius 2 is 1.81 bits per heavy atom. The van der Waals surface area contributed by atoms with Crippen molar-refractivity contribution in [2.24, 2.45) is 5.92 Å². The van der Waals surface area contributed by atoms with Gasteiger partial charge in [-0.05, 0) is 38.7 Å². The quantitative estimate of drug-likeness (QED) is 0.782. The molecular weight excluding hydrogens is 266 g/mol. The molecule has 3 nitrogen and oxygen atoms in total. The van der Waals surface area contributed by atoms with Gasteiger partial charge < -0.3 is 4.90 Å². The number of hydrogen-bond donors (Lipinski definition) is 0. The highest BCUT2D eigenvalue weighted by molar-refractivity contribution is 9.09. The predicted octanol–water partition coefficient (Wildman–Crippen LogP) is 2.70. The van der Waals surface area contributed by atoms with Gasteiger partial charge in [0.05, 0.1) is 0 Å². The third-order valence-electron chi connectivity index (χ3n) is 3.09. The average molecular weight is 284 g/mol. The number of aromatic nitrogens is 2. The highest BCUT2D eigenvalue weighted by Gasteiger charge is 2.20. The van der Waals surface area contributed by atoms with Gasteiger partial charge in [-0.1, -0.05) is 15.9 Å². The summed E-state index contributed by atoms with van der Waals surface area (Å²) in [5.74, 6) is 1.73. The Morgan fingerprint density at radius 3 is 2.31 bits per heavy atom.